The van der Waals surface area contributed by atoms with Crippen LogP contribution in [-0.2, 0) is 0 Å². The number of anilines is 1. The lowest BCUT2D eigenvalue weighted by Crippen LogP contribution is -2.11. The van der Waals surface area contributed by atoms with E-state index in [1.165, 1.54) is 6.20 Å². The van der Waals surface area contributed by atoms with E-state index in [1.807, 2.05) is 13.8 Å². The molecule has 0 aliphatic carbocycles. The average Bonchev–Trinajstić information content (AvgIpc) is 1.96. The lowest BCUT2D eigenvalue weighted by molar-refractivity contribution is 0.886. The molecular formula is C7H9Cl2N3. The maximum absolute atomic E-state index is 5.75. The van der Waals surface area contributed by atoms with Gasteiger partial charge >= 0.3 is 0 Å². The predicted molar refractivity (Wildman–Crippen MR) is 50.8 cm³/mol. The molecule has 12 heavy (non-hydrogen) atoms. The molecule has 66 valence electrons. The SMILES string of the molecule is CC(C)Nc1nc(Cl)cnc1Cl. The third-order valence-electron chi connectivity index (χ3n) is 1.12. The minimum Gasteiger partial charge on any atom is -0.365 e. The van der Waals surface area contributed by atoms with E-state index in [2.05, 4.69) is 15.3 Å². The highest BCUT2D eigenvalue weighted by Crippen LogP contribution is 2.18. The van der Waals surface area contributed by atoms with Crippen molar-refractivity contribution in [2.75, 3.05) is 5.32 Å². The number of hydrogen-bond donors (Lipinski definition) is 1. The molecule has 0 aliphatic heterocycles. The lowest BCUT2D eigenvalue weighted by Gasteiger charge is -2.09. The third-order valence-corrected chi connectivity index (χ3v) is 1.58. The number of nitrogens with one attached hydrogen (secondary N) is 1. The van der Waals surface area contributed by atoms with Crippen molar-refractivity contribution in [3.05, 3.63) is 16.5 Å². The van der Waals surface area contributed by atoms with Crippen LogP contribution in [-0.4, -0.2) is 16.0 Å². The average molecular weight is 206 g/mol. The Balaban J connectivity index is 2.90. The highest BCUT2D eigenvalue weighted by atomic mass is 35.5. The summed E-state index contributed by atoms with van der Waals surface area (Å²) in [5.41, 5.74) is 0. The van der Waals surface area contributed by atoms with Gasteiger partial charge in [0.15, 0.2) is 11.0 Å². The smallest absolute Gasteiger partial charge is 0.171 e. The molecule has 0 aliphatic rings. The van der Waals surface area contributed by atoms with Gasteiger partial charge in [-0.15, -0.1) is 0 Å². The van der Waals surface area contributed by atoms with Crippen molar-refractivity contribution < 1.29 is 0 Å². The first-order valence-corrected chi connectivity index (χ1v) is 4.29. The summed E-state index contributed by atoms with van der Waals surface area (Å²) in [7, 11) is 0. The van der Waals surface area contributed by atoms with Gasteiger partial charge in [-0.1, -0.05) is 23.2 Å². The molecule has 1 aromatic rings. The van der Waals surface area contributed by atoms with E-state index < -0.39 is 0 Å². The van der Waals surface area contributed by atoms with E-state index in [0.29, 0.717) is 16.1 Å². The molecule has 0 spiro atoms. The van der Waals surface area contributed by atoms with Crippen LogP contribution in [0.2, 0.25) is 10.3 Å². The van der Waals surface area contributed by atoms with Gasteiger partial charge in [0.2, 0.25) is 0 Å². The van der Waals surface area contributed by atoms with Crippen molar-refractivity contribution in [3.63, 3.8) is 0 Å². The molecule has 5 heteroatoms. The molecule has 0 saturated heterocycles. The van der Waals surface area contributed by atoms with E-state index in [9.17, 15) is 0 Å². The number of rotatable bonds is 2. The summed E-state index contributed by atoms with van der Waals surface area (Å²) in [6, 6.07) is 0.260. The molecule has 0 fully saturated rings. The molecule has 0 saturated carbocycles. The summed E-state index contributed by atoms with van der Waals surface area (Å²) in [6.45, 7) is 3.97. The van der Waals surface area contributed by atoms with Crippen LogP contribution in [0.3, 0.4) is 0 Å². The Morgan fingerprint density at radius 3 is 2.67 bits per heavy atom. The predicted octanol–water partition coefficient (Wildman–Crippen LogP) is 2.60. The van der Waals surface area contributed by atoms with E-state index in [-0.39, 0.29) is 6.04 Å². The van der Waals surface area contributed by atoms with Crippen molar-refractivity contribution in [1.29, 1.82) is 0 Å². The normalized spacial score (nSPS) is 10.4. The summed E-state index contributed by atoms with van der Waals surface area (Å²) >= 11 is 11.4. The fourth-order valence-electron chi connectivity index (χ4n) is 0.718. The Morgan fingerprint density at radius 1 is 1.42 bits per heavy atom. The summed E-state index contributed by atoms with van der Waals surface area (Å²) in [4.78, 5) is 7.81. The van der Waals surface area contributed by atoms with E-state index in [4.69, 9.17) is 23.2 Å². The molecule has 0 aromatic carbocycles. The maximum atomic E-state index is 5.75. The Bertz CT molecular complexity index is 275. The van der Waals surface area contributed by atoms with Gasteiger partial charge in [0.1, 0.15) is 5.15 Å². The fourth-order valence-corrected chi connectivity index (χ4v) is 0.997. The number of nitrogens with zero attached hydrogens (tertiary/aromatic N) is 2. The zero-order chi connectivity index (χ0) is 9.14. The maximum Gasteiger partial charge on any atom is 0.171 e. The van der Waals surface area contributed by atoms with Gasteiger partial charge in [0.25, 0.3) is 0 Å². The molecule has 0 radical (unpaired) electrons. The highest BCUT2D eigenvalue weighted by Gasteiger charge is 2.04. The first-order valence-electron chi connectivity index (χ1n) is 3.54. The Morgan fingerprint density at radius 2 is 2.08 bits per heavy atom. The van der Waals surface area contributed by atoms with E-state index in [1.54, 1.807) is 0 Å². The van der Waals surface area contributed by atoms with Crippen LogP contribution < -0.4 is 5.32 Å². The van der Waals surface area contributed by atoms with Crippen LogP contribution in [0.4, 0.5) is 5.82 Å². The minimum absolute atomic E-state index is 0.260. The molecule has 0 amide bonds. The second-order valence-electron chi connectivity index (χ2n) is 2.63. The van der Waals surface area contributed by atoms with Crippen LogP contribution in [0.25, 0.3) is 0 Å². The Kier molecular flexibility index (Phi) is 3.12. The molecular weight excluding hydrogens is 197 g/mol. The monoisotopic (exact) mass is 205 g/mol. The van der Waals surface area contributed by atoms with Gasteiger partial charge in [0.05, 0.1) is 6.20 Å². The first-order chi connectivity index (χ1) is 5.59. The largest absolute Gasteiger partial charge is 0.365 e. The van der Waals surface area contributed by atoms with Crippen molar-refractivity contribution in [2.24, 2.45) is 0 Å². The zero-order valence-electron chi connectivity index (χ0n) is 6.81. The summed E-state index contributed by atoms with van der Waals surface area (Å²) in [6.07, 6.45) is 1.41. The number of aromatic nitrogens is 2. The van der Waals surface area contributed by atoms with Gasteiger partial charge < -0.3 is 5.32 Å². The van der Waals surface area contributed by atoms with Crippen LogP contribution >= 0.6 is 23.2 Å². The number of hydrogen-bond acceptors (Lipinski definition) is 3. The van der Waals surface area contributed by atoms with Gasteiger partial charge in [-0.3, -0.25) is 0 Å². The topological polar surface area (TPSA) is 37.8 Å². The van der Waals surface area contributed by atoms with Crippen molar-refractivity contribution in [3.8, 4) is 0 Å². The summed E-state index contributed by atoms with van der Waals surface area (Å²) in [5, 5.41) is 3.70. The molecule has 0 atom stereocenters. The van der Waals surface area contributed by atoms with E-state index in [0.717, 1.165) is 0 Å². The molecule has 1 heterocycles. The second kappa shape index (κ2) is 3.92. The quantitative estimate of drug-likeness (QED) is 0.807. The fraction of sp³-hybridized carbons (Fsp3) is 0.429. The third kappa shape index (κ3) is 2.50. The zero-order valence-corrected chi connectivity index (χ0v) is 8.32. The van der Waals surface area contributed by atoms with Gasteiger partial charge in [-0.2, -0.15) is 0 Å². The second-order valence-corrected chi connectivity index (χ2v) is 3.38. The molecule has 1 rings (SSSR count). The summed E-state index contributed by atoms with van der Waals surface area (Å²) in [5.74, 6) is 0.527. The number of halogens is 2. The standard InChI is InChI=1S/C7H9Cl2N3/c1-4(2)11-7-6(9)10-3-5(8)12-7/h3-4H,1-2H3,(H,11,12). The first kappa shape index (κ1) is 9.55. The molecule has 0 unspecified atom stereocenters. The Labute approximate surface area is 81.1 Å². The minimum atomic E-state index is 0.260. The van der Waals surface area contributed by atoms with Crippen LogP contribution in [0.15, 0.2) is 6.20 Å². The van der Waals surface area contributed by atoms with Crippen LogP contribution in [0.5, 0.6) is 0 Å². The summed E-state index contributed by atoms with van der Waals surface area (Å²) < 4.78 is 0. The van der Waals surface area contributed by atoms with Gasteiger partial charge in [0, 0.05) is 6.04 Å². The molecule has 0 bridgehead atoms. The van der Waals surface area contributed by atoms with Crippen molar-refractivity contribution in [2.45, 2.75) is 19.9 Å². The lowest BCUT2D eigenvalue weighted by atomic mass is 10.4. The van der Waals surface area contributed by atoms with E-state index >= 15 is 0 Å². The van der Waals surface area contributed by atoms with Crippen LogP contribution in [0, 0.1) is 0 Å². The van der Waals surface area contributed by atoms with Gasteiger partial charge in [-0.25, -0.2) is 9.97 Å². The highest BCUT2D eigenvalue weighted by molar-refractivity contribution is 6.32. The van der Waals surface area contributed by atoms with Crippen molar-refractivity contribution >= 4 is 29.0 Å². The van der Waals surface area contributed by atoms with Crippen LogP contribution in [0.1, 0.15) is 13.8 Å². The molecule has 1 aromatic heterocycles. The Hall–Kier alpha value is -0.540. The van der Waals surface area contributed by atoms with Gasteiger partial charge in [-0.05, 0) is 13.8 Å². The molecule has 3 nitrogen and oxygen atoms in total. The molecule has 1 N–H and O–H groups in total. The van der Waals surface area contributed by atoms with Crippen molar-refractivity contribution in [1.82, 2.24) is 9.97 Å².